The van der Waals surface area contributed by atoms with Crippen LogP contribution in [0.5, 0.6) is 0 Å². The molecule has 4 atom stereocenters. The maximum absolute atomic E-state index is 14.4. The number of hydrogen-bond acceptors (Lipinski definition) is 5. The van der Waals surface area contributed by atoms with Gasteiger partial charge in [-0.05, 0) is 61.9 Å². The highest BCUT2D eigenvalue weighted by molar-refractivity contribution is 6.31. The van der Waals surface area contributed by atoms with E-state index in [0.717, 1.165) is 30.6 Å². The van der Waals surface area contributed by atoms with Crippen LogP contribution in [0, 0.1) is 11.8 Å². The van der Waals surface area contributed by atoms with Crippen molar-refractivity contribution in [2.24, 2.45) is 11.8 Å². The van der Waals surface area contributed by atoms with Crippen LogP contribution in [0.2, 0.25) is 5.02 Å². The van der Waals surface area contributed by atoms with E-state index >= 15 is 0 Å². The number of amides is 2. The summed E-state index contributed by atoms with van der Waals surface area (Å²) < 4.78 is 1.68. The molecule has 0 saturated carbocycles. The van der Waals surface area contributed by atoms with Gasteiger partial charge in [-0.25, -0.2) is 9.88 Å². The minimum atomic E-state index is -1.00. The maximum atomic E-state index is 14.4. The van der Waals surface area contributed by atoms with Gasteiger partial charge in [-0.1, -0.05) is 41.9 Å². The van der Waals surface area contributed by atoms with Crippen molar-refractivity contribution in [2.45, 2.75) is 24.4 Å². The summed E-state index contributed by atoms with van der Waals surface area (Å²) in [5, 5.41) is 1.07. The fraction of sp³-hybridized carbons (Fsp3) is 0.241. The molecule has 0 unspecified atom stereocenters. The molecular formula is C29H21ClN4O3. The van der Waals surface area contributed by atoms with Crippen molar-refractivity contribution in [3.63, 3.8) is 0 Å². The number of imide groups is 1. The molecule has 1 spiro atoms. The van der Waals surface area contributed by atoms with Crippen molar-refractivity contribution >= 4 is 40.0 Å². The van der Waals surface area contributed by atoms with Crippen LogP contribution in [0.15, 0.2) is 77.6 Å². The van der Waals surface area contributed by atoms with Gasteiger partial charge in [0.15, 0.2) is 0 Å². The molecule has 0 N–H and O–H groups in total. The summed E-state index contributed by atoms with van der Waals surface area (Å²) in [7, 11) is 0. The van der Waals surface area contributed by atoms with Crippen LogP contribution in [0.4, 0.5) is 5.69 Å². The second-order valence-electron chi connectivity index (χ2n) is 10.3. The van der Waals surface area contributed by atoms with Crippen molar-refractivity contribution in [2.75, 3.05) is 11.4 Å². The van der Waals surface area contributed by atoms with Crippen LogP contribution in [0.3, 0.4) is 0 Å². The average Bonchev–Trinajstić information content (AvgIpc) is 3.62. The molecular weight excluding hydrogens is 488 g/mol. The van der Waals surface area contributed by atoms with E-state index < -0.39 is 17.4 Å². The lowest BCUT2D eigenvalue weighted by Crippen LogP contribution is -2.51. The molecule has 182 valence electrons. The molecule has 4 aliphatic rings. The van der Waals surface area contributed by atoms with Gasteiger partial charge in [0.2, 0.25) is 11.8 Å². The molecule has 37 heavy (non-hydrogen) atoms. The summed E-state index contributed by atoms with van der Waals surface area (Å²) in [6, 6.07) is 21.8. The Bertz CT molecular complexity index is 1730. The van der Waals surface area contributed by atoms with Crippen LogP contribution in [-0.4, -0.2) is 38.9 Å². The first-order chi connectivity index (χ1) is 18.0. The first kappa shape index (κ1) is 21.3. The molecule has 0 bridgehead atoms. The number of rotatable bonds is 1. The summed E-state index contributed by atoms with van der Waals surface area (Å²) in [6.45, 7) is 0.732. The molecule has 0 aliphatic carbocycles. The number of hydrogen-bond donors (Lipinski definition) is 0. The third kappa shape index (κ3) is 2.42. The molecule has 7 nitrogen and oxygen atoms in total. The van der Waals surface area contributed by atoms with Crippen molar-refractivity contribution in [1.29, 1.82) is 0 Å². The summed E-state index contributed by atoms with van der Waals surface area (Å²) in [5.74, 6) is -1.11. The Kier molecular flexibility index (Phi) is 4.11. The first-order valence-corrected chi connectivity index (χ1v) is 12.9. The topological polar surface area (TPSA) is 75.5 Å². The number of fused-ring (bicyclic) bond motifs is 11. The average molecular weight is 509 g/mol. The van der Waals surface area contributed by atoms with Gasteiger partial charge in [0.25, 0.3) is 5.56 Å². The Morgan fingerprint density at radius 2 is 1.65 bits per heavy atom. The third-order valence-electron chi connectivity index (χ3n) is 8.73. The van der Waals surface area contributed by atoms with Gasteiger partial charge in [0, 0.05) is 16.6 Å². The Labute approximate surface area is 216 Å². The Balaban J connectivity index is 1.45. The Morgan fingerprint density at radius 3 is 2.49 bits per heavy atom. The molecule has 3 aromatic carbocycles. The normalized spacial score (nSPS) is 27.7. The lowest BCUT2D eigenvalue weighted by Gasteiger charge is -2.38. The van der Waals surface area contributed by atoms with Crippen LogP contribution < -0.4 is 10.5 Å². The second kappa shape index (κ2) is 7.15. The van der Waals surface area contributed by atoms with Crippen LogP contribution in [0.1, 0.15) is 24.2 Å². The highest BCUT2D eigenvalue weighted by Crippen LogP contribution is 2.62. The van der Waals surface area contributed by atoms with E-state index in [1.807, 2.05) is 42.5 Å². The lowest BCUT2D eigenvalue weighted by atomic mass is 9.75. The van der Waals surface area contributed by atoms with Gasteiger partial charge in [-0.3, -0.25) is 23.9 Å². The summed E-state index contributed by atoms with van der Waals surface area (Å²) >= 11 is 6.10. The fourth-order valence-electron chi connectivity index (χ4n) is 7.46. The minimum Gasteiger partial charge on any atom is -0.283 e. The first-order valence-electron chi connectivity index (χ1n) is 12.6. The zero-order valence-corrected chi connectivity index (χ0v) is 20.4. The molecule has 5 heterocycles. The predicted octanol–water partition coefficient (Wildman–Crippen LogP) is 3.88. The molecule has 1 aromatic heterocycles. The Hall–Kier alpha value is -3.81. The third-order valence-corrected chi connectivity index (χ3v) is 8.98. The quantitative estimate of drug-likeness (QED) is 0.365. The Morgan fingerprint density at radius 1 is 0.892 bits per heavy atom. The molecule has 3 fully saturated rings. The van der Waals surface area contributed by atoms with E-state index in [1.54, 1.807) is 34.9 Å². The fourth-order valence-corrected chi connectivity index (χ4v) is 7.58. The van der Waals surface area contributed by atoms with E-state index in [-0.39, 0.29) is 23.4 Å². The molecule has 4 aromatic rings. The van der Waals surface area contributed by atoms with Gasteiger partial charge in [-0.2, -0.15) is 0 Å². The molecule has 4 aliphatic heterocycles. The lowest BCUT2D eigenvalue weighted by molar-refractivity contribution is -0.124. The largest absolute Gasteiger partial charge is 0.283 e. The number of carbonyl (C=O) groups excluding carboxylic acids is 2. The number of benzene rings is 3. The van der Waals surface area contributed by atoms with Gasteiger partial charge >= 0.3 is 0 Å². The highest BCUT2D eigenvalue weighted by Gasteiger charge is 2.73. The monoisotopic (exact) mass is 508 g/mol. The molecule has 2 amide bonds. The number of nitrogens with zero attached hydrogens (tertiary/aromatic N) is 4. The van der Waals surface area contributed by atoms with Crippen LogP contribution in [-0.2, 0) is 15.1 Å². The zero-order valence-electron chi connectivity index (χ0n) is 19.7. The minimum absolute atomic E-state index is 0.110. The van der Waals surface area contributed by atoms with Gasteiger partial charge in [0.05, 0.1) is 34.1 Å². The second-order valence-corrected chi connectivity index (χ2v) is 10.7. The van der Waals surface area contributed by atoms with E-state index in [0.29, 0.717) is 27.4 Å². The van der Waals surface area contributed by atoms with Crippen molar-refractivity contribution in [3.8, 4) is 5.69 Å². The van der Waals surface area contributed by atoms with Crippen molar-refractivity contribution < 1.29 is 9.59 Å². The van der Waals surface area contributed by atoms with Crippen LogP contribution in [0.25, 0.3) is 16.6 Å². The zero-order chi connectivity index (χ0) is 25.1. The molecule has 8 heteroatoms. The molecule has 0 radical (unpaired) electrons. The molecule has 3 saturated heterocycles. The standard InChI is InChI=1S/C29H21ClN4O3/c30-16-11-13-17(14-12-16)33-26(36)23-22-10-5-15-32(22)29(24(23)27(33)37)19-7-2-4-9-21(19)34-25(35)18-6-1-3-8-20(18)31-28(29)34/h1-4,6-9,11-14,22-24H,5,10,15H2/t22-,23+,24-,29+/m1/s1. The SMILES string of the molecule is O=C1[C@H]2[C@H]3CCCN3[C@@]3(c4ccccc4-n4c3nc3ccccc3c4=O)[C@H]2C(=O)N1c1ccc(Cl)cc1. The van der Waals surface area contributed by atoms with E-state index in [4.69, 9.17) is 16.6 Å². The predicted molar refractivity (Wildman–Crippen MR) is 139 cm³/mol. The number of aromatic nitrogens is 2. The number of para-hydroxylation sites is 2. The van der Waals surface area contributed by atoms with E-state index in [2.05, 4.69) is 4.90 Å². The van der Waals surface area contributed by atoms with Gasteiger partial charge in [0.1, 0.15) is 11.4 Å². The summed E-state index contributed by atoms with van der Waals surface area (Å²) in [5.41, 5.74) is 1.56. The number of anilines is 1. The molecule has 8 rings (SSSR count). The number of carbonyl (C=O) groups is 2. The summed E-state index contributed by atoms with van der Waals surface area (Å²) in [6.07, 6.45) is 1.73. The highest BCUT2D eigenvalue weighted by atomic mass is 35.5. The van der Waals surface area contributed by atoms with Crippen molar-refractivity contribution in [3.05, 3.63) is 99.6 Å². The van der Waals surface area contributed by atoms with Crippen LogP contribution >= 0.6 is 11.6 Å². The maximum Gasteiger partial charge on any atom is 0.266 e. The van der Waals surface area contributed by atoms with E-state index in [1.165, 1.54) is 4.90 Å². The number of halogens is 1. The smallest absolute Gasteiger partial charge is 0.266 e. The summed E-state index contributed by atoms with van der Waals surface area (Å²) in [4.78, 5) is 51.0. The van der Waals surface area contributed by atoms with E-state index in [9.17, 15) is 14.4 Å². The van der Waals surface area contributed by atoms with Crippen molar-refractivity contribution in [1.82, 2.24) is 14.5 Å². The van der Waals surface area contributed by atoms with Gasteiger partial charge < -0.3 is 0 Å². The van der Waals surface area contributed by atoms with Gasteiger partial charge in [-0.15, -0.1) is 0 Å².